The lowest BCUT2D eigenvalue weighted by Gasteiger charge is -2.19. The molecule has 1 aliphatic rings. The van der Waals surface area contributed by atoms with Crippen LogP contribution in [0.2, 0.25) is 0 Å². The Labute approximate surface area is 169 Å². The second kappa shape index (κ2) is 8.43. The Morgan fingerprint density at radius 2 is 1.66 bits per heavy atom. The fraction of sp³-hybridized carbons (Fsp3) is 0.364. The van der Waals surface area contributed by atoms with Crippen molar-refractivity contribution in [2.75, 3.05) is 28.4 Å². The van der Waals surface area contributed by atoms with Crippen LogP contribution in [0.15, 0.2) is 29.1 Å². The summed E-state index contributed by atoms with van der Waals surface area (Å²) in [7, 11) is 6.14. The Kier molecular flexibility index (Phi) is 5.96. The highest BCUT2D eigenvalue weighted by Gasteiger charge is 2.29. The molecule has 0 spiro atoms. The molecule has 7 nitrogen and oxygen atoms in total. The normalized spacial score (nSPS) is 14.7. The lowest BCUT2D eigenvalue weighted by atomic mass is 9.95. The predicted octanol–water partition coefficient (Wildman–Crippen LogP) is 2.87. The molecule has 2 aromatic carbocycles. The summed E-state index contributed by atoms with van der Waals surface area (Å²) >= 11 is 0. The Morgan fingerprint density at radius 1 is 0.966 bits per heavy atom. The predicted molar refractivity (Wildman–Crippen MR) is 109 cm³/mol. The zero-order valence-electron chi connectivity index (χ0n) is 17.3. The highest BCUT2D eigenvalue weighted by molar-refractivity contribution is 5.83. The first-order chi connectivity index (χ1) is 13.9. The van der Waals surface area contributed by atoms with Crippen LogP contribution in [-0.2, 0) is 11.2 Å². The summed E-state index contributed by atoms with van der Waals surface area (Å²) in [6, 6.07) is 6.53. The highest BCUT2D eigenvalue weighted by atomic mass is 16.5. The number of aryl methyl sites for hydroxylation is 1. The Balaban J connectivity index is 2.42. The van der Waals surface area contributed by atoms with Gasteiger partial charge in [-0.2, -0.15) is 0 Å². The molecule has 0 unspecified atom stereocenters. The van der Waals surface area contributed by atoms with Gasteiger partial charge in [0.2, 0.25) is 17.1 Å². The minimum absolute atomic E-state index is 0.151. The van der Waals surface area contributed by atoms with Crippen LogP contribution in [0, 0.1) is 0 Å². The van der Waals surface area contributed by atoms with Crippen LogP contribution >= 0.6 is 0 Å². The van der Waals surface area contributed by atoms with E-state index in [9.17, 15) is 9.59 Å². The molecule has 0 saturated heterocycles. The second-order valence-corrected chi connectivity index (χ2v) is 6.75. The Morgan fingerprint density at radius 3 is 2.24 bits per heavy atom. The summed E-state index contributed by atoms with van der Waals surface area (Å²) in [6.07, 6.45) is 1.31. The summed E-state index contributed by atoms with van der Waals surface area (Å²) in [5.41, 5.74) is 3.10. The van der Waals surface area contributed by atoms with Gasteiger partial charge < -0.3 is 24.3 Å². The smallest absolute Gasteiger partial charge is 0.220 e. The lowest BCUT2D eigenvalue weighted by Crippen LogP contribution is -2.26. The third kappa shape index (κ3) is 3.72. The fourth-order valence-electron chi connectivity index (χ4n) is 3.85. The van der Waals surface area contributed by atoms with E-state index in [1.807, 2.05) is 6.07 Å². The molecular formula is C22H25NO6. The van der Waals surface area contributed by atoms with Crippen molar-refractivity contribution in [3.8, 4) is 34.1 Å². The number of ether oxygens (including phenoxy) is 4. The summed E-state index contributed by atoms with van der Waals surface area (Å²) in [5, 5.41) is 2.99. The molecule has 0 bridgehead atoms. The number of hydrogen-bond donors (Lipinski definition) is 1. The number of carbonyl (C=O) groups excluding carboxylic acids is 1. The van der Waals surface area contributed by atoms with Gasteiger partial charge in [-0.15, -0.1) is 0 Å². The van der Waals surface area contributed by atoms with Crippen molar-refractivity contribution in [3.63, 3.8) is 0 Å². The van der Waals surface area contributed by atoms with Crippen molar-refractivity contribution in [1.29, 1.82) is 0 Å². The number of fused-ring (bicyclic) bond motifs is 3. The number of carbonyl (C=O) groups is 1. The van der Waals surface area contributed by atoms with Crippen molar-refractivity contribution in [2.45, 2.75) is 25.8 Å². The van der Waals surface area contributed by atoms with Crippen molar-refractivity contribution in [2.24, 2.45) is 0 Å². The summed E-state index contributed by atoms with van der Waals surface area (Å²) in [5.74, 6) is 1.61. The average Bonchev–Trinajstić information content (AvgIpc) is 2.95. The largest absolute Gasteiger partial charge is 0.493 e. The lowest BCUT2D eigenvalue weighted by molar-refractivity contribution is -0.119. The Hall–Kier alpha value is -3.22. The number of hydrogen-bond acceptors (Lipinski definition) is 6. The van der Waals surface area contributed by atoms with Crippen LogP contribution in [0.3, 0.4) is 0 Å². The van der Waals surface area contributed by atoms with E-state index in [1.54, 1.807) is 33.5 Å². The van der Waals surface area contributed by atoms with E-state index in [4.69, 9.17) is 18.9 Å². The van der Waals surface area contributed by atoms with Gasteiger partial charge in [0, 0.05) is 12.5 Å². The molecular weight excluding hydrogens is 374 g/mol. The van der Waals surface area contributed by atoms with Crippen LogP contribution < -0.4 is 29.7 Å². The zero-order chi connectivity index (χ0) is 21.1. The van der Waals surface area contributed by atoms with Crippen LogP contribution in [-0.4, -0.2) is 34.3 Å². The monoisotopic (exact) mass is 399 g/mol. The molecule has 3 rings (SSSR count). The first-order valence-electron chi connectivity index (χ1n) is 9.26. The van der Waals surface area contributed by atoms with Crippen molar-refractivity contribution in [3.05, 3.63) is 45.6 Å². The summed E-state index contributed by atoms with van der Waals surface area (Å²) in [4.78, 5) is 24.3. The maximum Gasteiger partial charge on any atom is 0.220 e. The van der Waals surface area contributed by atoms with E-state index in [-0.39, 0.29) is 23.1 Å². The summed E-state index contributed by atoms with van der Waals surface area (Å²) in [6.45, 7) is 1.48. The number of amides is 1. The SMILES string of the molecule is COc1cc2c(c(OC)c1OC)-c1ccc(=O)c(OC)cc1[C@@H](NC(C)=O)CC2. The van der Waals surface area contributed by atoms with Gasteiger partial charge in [-0.05, 0) is 53.8 Å². The summed E-state index contributed by atoms with van der Waals surface area (Å²) < 4.78 is 22.1. The number of rotatable bonds is 5. The maximum atomic E-state index is 12.4. The molecule has 154 valence electrons. The van der Waals surface area contributed by atoms with Gasteiger partial charge in [0.1, 0.15) is 0 Å². The first-order valence-corrected chi connectivity index (χ1v) is 9.26. The van der Waals surface area contributed by atoms with Crippen molar-refractivity contribution >= 4 is 5.91 Å². The van der Waals surface area contributed by atoms with Gasteiger partial charge in [-0.1, -0.05) is 0 Å². The third-order valence-corrected chi connectivity index (χ3v) is 5.10. The standard InChI is InChI=1S/C22H25NO6/c1-12(24)23-16-8-6-13-10-19(27-3)21(28-4)22(29-5)20(13)14-7-9-17(25)18(26-2)11-15(14)16/h7,9-11,16H,6,8H2,1-5H3,(H,23,24)/t16-/m0/s1. The number of methoxy groups -OCH3 is 4. The molecule has 1 N–H and O–H groups in total. The number of nitrogens with one attached hydrogen (secondary N) is 1. The molecule has 0 saturated carbocycles. The minimum Gasteiger partial charge on any atom is -0.493 e. The topological polar surface area (TPSA) is 83.1 Å². The van der Waals surface area contributed by atoms with Crippen LogP contribution in [0.25, 0.3) is 11.1 Å². The van der Waals surface area contributed by atoms with Gasteiger partial charge in [0.25, 0.3) is 0 Å². The van der Waals surface area contributed by atoms with Crippen molar-refractivity contribution in [1.82, 2.24) is 5.32 Å². The van der Waals surface area contributed by atoms with E-state index < -0.39 is 0 Å². The third-order valence-electron chi connectivity index (χ3n) is 5.10. The fourth-order valence-corrected chi connectivity index (χ4v) is 3.85. The molecule has 7 heteroatoms. The molecule has 2 aromatic rings. The quantitative estimate of drug-likeness (QED) is 0.833. The molecule has 0 radical (unpaired) electrons. The molecule has 0 aromatic heterocycles. The van der Waals surface area contributed by atoms with E-state index in [0.29, 0.717) is 30.1 Å². The molecule has 1 aliphatic carbocycles. The molecule has 1 atom stereocenters. The van der Waals surface area contributed by atoms with E-state index in [0.717, 1.165) is 22.3 Å². The highest BCUT2D eigenvalue weighted by Crippen LogP contribution is 2.50. The van der Waals surface area contributed by atoms with Gasteiger partial charge in [0.15, 0.2) is 17.2 Å². The second-order valence-electron chi connectivity index (χ2n) is 6.75. The molecule has 29 heavy (non-hydrogen) atoms. The van der Waals surface area contributed by atoms with E-state index in [1.165, 1.54) is 20.1 Å². The van der Waals surface area contributed by atoms with Gasteiger partial charge in [0.05, 0.1) is 34.5 Å². The van der Waals surface area contributed by atoms with Gasteiger partial charge >= 0.3 is 0 Å². The average molecular weight is 399 g/mol. The first kappa shape index (κ1) is 20.5. The van der Waals surface area contributed by atoms with Crippen molar-refractivity contribution < 1.29 is 23.7 Å². The molecule has 0 fully saturated rings. The molecule has 0 heterocycles. The van der Waals surface area contributed by atoms with Crippen LogP contribution in [0.1, 0.15) is 30.5 Å². The maximum absolute atomic E-state index is 12.4. The zero-order valence-corrected chi connectivity index (χ0v) is 17.3. The van der Waals surface area contributed by atoms with Gasteiger partial charge in [-0.25, -0.2) is 0 Å². The van der Waals surface area contributed by atoms with Crippen LogP contribution in [0.5, 0.6) is 23.0 Å². The molecule has 0 aliphatic heterocycles. The van der Waals surface area contributed by atoms with E-state index in [2.05, 4.69) is 5.32 Å². The molecule has 1 amide bonds. The van der Waals surface area contributed by atoms with Crippen LogP contribution in [0.4, 0.5) is 0 Å². The number of benzene rings is 1. The van der Waals surface area contributed by atoms with Gasteiger partial charge in [-0.3, -0.25) is 9.59 Å². The minimum atomic E-state index is -0.294. The Bertz CT molecular complexity index is 1000. The van der Waals surface area contributed by atoms with E-state index >= 15 is 0 Å².